The molecule has 31 heavy (non-hydrogen) atoms. The lowest BCUT2D eigenvalue weighted by atomic mass is 10.1. The fraction of sp³-hybridized carbons (Fsp3) is 0.250. The number of nitrogens with one attached hydrogen (secondary N) is 1. The van der Waals surface area contributed by atoms with Crippen molar-refractivity contribution in [1.82, 2.24) is 19.8 Å². The monoisotopic (exact) mass is 416 g/mol. The number of nitrogens with zero attached hydrogens (tertiary/aromatic N) is 3. The van der Waals surface area contributed by atoms with Gasteiger partial charge in [-0.3, -0.25) is 19.3 Å². The molecule has 2 aromatic carbocycles. The van der Waals surface area contributed by atoms with E-state index in [4.69, 9.17) is 0 Å². The van der Waals surface area contributed by atoms with Crippen LogP contribution in [0, 0.1) is 0 Å². The van der Waals surface area contributed by atoms with Crippen molar-refractivity contribution in [3.63, 3.8) is 0 Å². The highest BCUT2D eigenvalue weighted by Gasteiger charge is 2.35. The number of aromatic nitrogens is 2. The fourth-order valence-corrected chi connectivity index (χ4v) is 3.66. The van der Waals surface area contributed by atoms with Crippen molar-refractivity contribution in [1.29, 1.82) is 0 Å². The SMILES string of the molecule is CCCCN1C(=O)c2ccc(C(=O)NCc3cccc(Cn4ccnc4)c3)cc2C1=O. The normalized spacial score (nSPS) is 12.9. The van der Waals surface area contributed by atoms with Crippen LogP contribution in [0.3, 0.4) is 0 Å². The maximum absolute atomic E-state index is 12.7. The predicted octanol–water partition coefficient (Wildman–Crippen LogP) is 3.26. The molecule has 0 saturated heterocycles. The Morgan fingerprint density at radius 2 is 1.84 bits per heavy atom. The zero-order valence-corrected chi connectivity index (χ0v) is 17.4. The number of amides is 3. The molecule has 0 fully saturated rings. The molecule has 1 N–H and O–H groups in total. The van der Waals surface area contributed by atoms with Crippen LogP contribution in [0.2, 0.25) is 0 Å². The lowest BCUT2D eigenvalue weighted by Crippen LogP contribution is -2.30. The molecular weight excluding hydrogens is 392 g/mol. The van der Waals surface area contributed by atoms with Crippen LogP contribution in [-0.4, -0.2) is 38.7 Å². The van der Waals surface area contributed by atoms with E-state index in [-0.39, 0.29) is 17.7 Å². The maximum Gasteiger partial charge on any atom is 0.261 e. The average molecular weight is 416 g/mol. The molecule has 0 saturated carbocycles. The third kappa shape index (κ3) is 4.40. The van der Waals surface area contributed by atoms with Crippen molar-refractivity contribution in [2.75, 3.05) is 6.54 Å². The van der Waals surface area contributed by atoms with Gasteiger partial charge >= 0.3 is 0 Å². The first-order valence-corrected chi connectivity index (χ1v) is 10.4. The summed E-state index contributed by atoms with van der Waals surface area (Å²) in [7, 11) is 0. The van der Waals surface area contributed by atoms with E-state index in [0.29, 0.717) is 36.3 Å². The Kier molecular flexibility index (Phi) is 5.93. The minimum absolute atomic E-state index is 0.282. The van der Waals surface area contributed by atoms with Crippen molar-refractivity contribution in [2.45, 2.75) is 32.9 Å². The molecule has 0 radical (unpaired) electrons. The molecule has 4 rings (SSSR count). The van der Waals surface area contributed by atoms with Gasteiger partial charge in [0.15, 0.2) is 0 Å². The summed E-state index contributed by atoms with van der Waals surface area (Å²) >= 11 is 0. The summed E-state index contributed by atoms with van der Waals surface area (Å²) in [6.07, 6.45) is 7.06. The van der Waals surface area contributed by atoms with Crippen LogP contribution in [0.15, 0.2) is 61.2 Å². The van der Waals surface area contributed by atoms with Crippen LogP contribution in [0.5, 0.6) is 0 Å². The van der Waals surface area contributed by atoms with Crippen LogP contribution in [-0.2, 0) is 13.1 Å². The number of carbonyl (C=O) groups excluding carboxylic acids is 3. The number of fused-ring (bicyclic) bond motifs is 1. The number of imidazole rings is 1. The molecule has 7 heteroatoms. The van der Waals surface area contributed by atoms with Gasteiger partial charge in [0.2, 0.25) is 0 Å². The highest BCUT2D eigenvalue weighted by Crippen LogP contribution is 2.24. The third-order valence-electron chi connectivity index (χ3n) is 5.34. The fourth-order valence-electron chi connectivity index (χ4n) is 3.66. The first kappa shape index (κ1) is 20.5. The zero-order valence-electron chi connectivity index (χ0n) is 17.4. The van der Waals surface area contributed by atoms with Crippen LogP contribution in [0.25, 0.3) is 0 Å². The first-order chi connectivity index (χ1) is 15.1. The Morgan fingerprint density at radius 1 is 1.03 bits per heavy atom. The number of hydrogen-bond donors (Lipinski definition) is 1. The van der Waals surface area contributed by atoms with Gasteiger partial charge in [0.25, 0.3) is 17.7 Å². The molecule has 3 aromatic rings. The van der Waals surface area contributed by atoms with Crippen molar-refractivity contribution >= 4 is 17.7 Å². The number of rotatable bonds is 8. The Morgan fingerprint density at radius 3 is 2.61 bits per heavy atom. The first-order valence-electron chi connectivity index (χ1n) is 10.4. The largest absolute Gasteiger partial charge is 0.348 e. The molecule has 0 bridgehead atoms. The molecule has 0 atom stereocenters. The lowest BCUT2D eigenvalue weighted by molar-refractivity contribution is 0.0652. The molecular formula is C24H24N4O3. The van der Waals surface area contributed by atoms with Crippen LogP contribution >= 0.6 is 0 Å². The molecule has 1 aliphatic heterocycles. The topological polar surface area (TPSA) is 84.3 Å². The standard InChI is InChI=1S/C24H24N4O3/c1-2-3-10-28-23(30)20-8-7-19(13-21(20)24(28)31)22(29)26-14-17-5-4-6-18(12-17)15-27-11-9-25-16-27/h4-9,11-13,16H,2-3,10,14-15H2,1H3,(H,26,29). The predicted molar refractivity (Wildman–Crippen MR) is 116 cm³/mol. The van der Waals surface area contributed by atoms with Gasteiger partial charge in [-0.2, -0.15) is 0 Å². The summed E-state index contributed by atoms with van der Waals surface area (Å²) in [5, 5.41) is 2.90. The number of hydrogen-bond acceptors (Lipinski definition) is 4. The highest BCUT2D eigenvalue weighted by atomic mass is 16.2. The average Bonchev–Trinajstić information content (AvgIpc) is 3.37. The molecule has 3 amide bonds. The number of unbranched alkanes of at least 4 members (excludes halogenated alkanes) is 1. The minimum atomic E-state index is -0.324. The summed E-state index contributed by atoms with van der Waals surface area (Å²) in [5.41, 5.74) is 3.12. The van der Waals surface area contributed by atoms with E-state index >= 15 is 0 Å². The van der Waals surface area contributed by atoms with Crippen molar-refractivity contribution in [3.05, 3.63) is 89.0 Å². The zero-order chi connectivity index (χ0) is 21.8. The number of imide groups is 1. The second kappa shape index (κ2) is 8.95. The summed E-state index contributed by atoms with van der Waals surface area (Å²) < 4.78 is 1.98. The second-order valence-corrected chi connectivity index (χ2v) is 7.61. The Labute approximate surface area is 180 Å². The molecule has 1 aliphatic rings. The van der Waals surface area contributed by atoms with Gasteiger partial charge in [-0.05, 0) is 35.7 Å². The number of benzene rings is 2. The molecule has 2 heterocycles. The van der Waals surface area contributed by atoms with E-state index in [0.717, 1.165) is 24.0 Å². The van der Waals surface area contributed by atoms with Gasteiger partial charge in [-0.15, -0.1) is 0 Å². The summed E-state index contributed by atoms with van der Waals surface area (Å²) in [6, 6.07) is 12.7. The van der Waals surface area contributed by atoms with Gasteiger partial charge in [-0.25, -0.2) is 4.98 Å². The van der Waals surface area contributed by atoms with E-state index in [9.17, 15) is 14.4 Å². The quantitative estimate of drug-likeness (QED) is 0.571. The van der Waals surface area contributed by atoms with Gasteiger partial charge in [0, 0.05) is 37.6 Å². The second-order valence-electron chi connectivity index (χ2n) is 7.61. The molecule has 1 aromatic heterocycles. The van der Waals surface area contributed by atoms with Crippen molar-refractivity contribution in [3.8, 4) is 0 Å². The molecule has 0 aliphatic carbocycles. The summed E-state index contributed by atoms with van der Waals surface area (Å²) in [5.74, 6) is -0.888. The highest BCUT2D eigenvalue weighted by molar-refractivity contribution is 6.22. The van der Waals surface area contributed by atoms with Crippen LogP contribution < -0.4 is 5.32 Å². The van der Waals surface area contributed by atoms with E-state index in [1.165, 1.54) is 11.0 Å². The van der Waals surface area contributed by atoms with Gasteiger partial charge < -0.3 is 9.88 Å². The van der Waals surface area contributed by atoms with Crippen LogP contribution in [0.1, 0.15) is 62.0 Å². The van der Waals surface area contributed by atoms with Gasteiger partial charge in [-0.1, -0.05) is 37.6 Å². The summed E-state index contributed by atoms with van der Waals surface area (Å²) in [4.78, 5) is 43.0. The Hall–Kier alpha value is -3.74. The minimum Gasteiger partial charge on any atom is -0.348 e. The molecule has 0 unspecified atom stereocenters. The molecule has 158 valence electrons. The van der Waals surface area contributed by atoms with Crippen molar-refractivity contribution < 1.29 is 14.4 Å². The third-order valence-corrected chi connectivity index (χ3v) is 5.34. The van der Waals surface area contributed by atoms with E-state index in [1.807, 2.05) is 42.0 Å². The number of carbonyl (C=O) groups is 3. The molecule has 7 nitrogen and oxygen atoms in total. The Bertz CT molecular complexity index is 1120. The maximum atomic E-state index is 12.7. The van der Waals surface area contributed by atoms with Gasteiger partial charge in [0.1, 0.15) is 0 Å². The van der Waals surface area contributed by atoms with E-state index in [1.54, 1.807) is 24.7 Å². The van der Waals surface area contributed by atoms with E-state index in [2.05, 4.69) is 10.3 Å². The van der Waals surface area contributed by atoms with Crippen LogP contribution in [0.4, 0.5) is 0 Å². The molecule has 0 spiro atoms. The van der Waals surface area contributed by atoms with Gasteiger partial charge in [0.05, 0.1) is 17.5 Å². The Balaban J connectivity index is 1.42. The summed E-state index contributed by atoms with van der Waals surface area (Å²) in [6.45, 7) is 3.48. The van der Waals surface area contributed by atoms with Crippen molar-refractivity contribution in [2.24, 2.45) is 0 Å². The lowest BCUT2D eigenvalue weighted by Gasteiger charge is -2.12. The van der Waals surface area contributed by atoms with E-state index < -0.39 is 0 Å². The smallest absolute Gasteiger partial charge is 0.261 e.